The molecule has 356 valence electrons. The molecule has 0 saturated heterocycles. The number of hydrogen-bond donors (Lipinski definition) is 5. The smallest absolute Gasteiger partial charge is 0.294 e. The van der Waals surface area contributed by atoms with Crippen molar-refractivity contribution in [1.29, 1.82) is 0 Å². The lowest BCUT2D eigenvalue weighted by Gasteiger charge is -2.14. The van der Waals surface area contributed by atoms with Gasteiger partial charge in [-0.25, -0.2) is 4.98 Å². The SMILES string of the molecule is CCc1c(CC)c2cc3[nH]c(c(C)c3CCCO)c(=O)c3[nH]c(c(C)c3CCCO)c(=O)nc3cc(OCCOCCOCCOC)c(OCCOCCOCCOC)cc3ncc1[nH]2. The van der Waals surface area contributed by atoms with E-state index in [2.05, 4.69) is 33.8 Å². The summed E-state index contributed by atoms with van der Waals surface area (Å²) >= 11 is 0. The molecule has 5 aromatic rings. The molecule has 0 amide bonds. The summed E-state index contributed by atoms with van der Waals surface area (Å²) in [6.45, 7) is 12.0. The van der Waals surface area contributed by atoms with Gasteiger partial charge in [-0.2, -0.15) is 0 Å². The number of nitrogens with one attached hydrogen (secondary N) is 3. The molecule has 4 aromatic heterocycles. The van der Waals surface area contributed by atoms with Gasteiger partial charge in [0.2, 0.25) is 5.43 Å². The average molecular weight is 906 g/mol. The number of fused-ring (bicyclic) bond motifs is 7. The second-order valence-corrected chi connectivity index (χ2v) is 15.3. The number of rotatable bonds is 28. The number of aromatic amines is 3. The molecule has 0 aliphatic rings. The zero-order valence-corrected chi connectivity index (χ0v) is 38.8. The van der Waals surface area contributed by atoms with Crippen molar-refractivity contribution in [3.05, 3.63) is 78.4 Å². The Labute approximate surface area is 379 Å². The summed E-state index contributed by atoms with van der Waals surface area (Å²) in [6.07, 6.45) is 4.94. The van der Waals surface area contributed by atoms with Crippen LogP contribution in [0.5, 0.6) is 11.5 Å². The molecule has 0 fully saturated rings. The molecule has 0 spiro atoms. The third kappa shape index (κ3) is 13.8. The molecule has 0 radical (unpaired) electrons. The normalized spacial score (nSPS) is 11.6. The molecule has 0 unspecified atom stereocenters. The van der Waals surface area contributed by atoms with E-state index in [4.69, 9.17) is 42.9 Å². The second-order valence-electron chi connectivity index (χ2n) is 15.3. The molecule has 17 nitrogen and oxygen atoms in total. The Kier molecular flexibility index (Phi) is 21.1. The number of aryl methyl sites for hydroxylation is 6. The van der Waals surface area contributed by atoms with E-state index in [0.29, 0.717) is 119 Å². The first kappa shape index (κ1) is 51.0. The van der Waals surface area contributed by atoms with Crippen LogP contribution in [0.15, 0.2) is 34.0 Å². The molecular formula is C48H67N5O12. The van der Waals surface area contributed by atoms with E-state index in [1.54, 1.807) is 39.5 Å². The van der Waals surface area contributed by atoms with Crippen molar-refractivity contribution < 1.29 is 48.1 Å². The molecule has 5 N–H and O–H groups in total. The first-order chi connectivity index (χ1) is 31.7. The number of aromatic nitrogens is 5. The summed E-state index contributed by atoms with van der Waals surface area (Å²) in [7, 11) is 3.23. The Morgan fingerprint density at radius 3 is 1.58 bits per heavy atom. The van der Waals surface area contributed by atoms with Crippen LogP contribution in [-0.4, -0.2) is 142 Å². The van der Waals surface area contributed by atoms with E-state index >= 15 is 0 Å². The number of H-pyrrole nitrogens is 3. The number of aliphatic hydroxyl groups is 2. The molecule has 0 aliphatic carbocycles. The Morgan fingerprint density at radius 1 is 0.538 bits per heavy atom. The fourth-order valence-corrected chi connectivity index (χ4v) is 7.73. The van der Waals surface area contributed by atoms with E-state index in [0.717, 1.165) is 45.2 Å². The molecule has 6 bridgehead atoms. The highest BCUT2D eigenvalue weighted by Gasteiger charge is 2.18. The van der Waals surface area contributed by atoms with Crippen molar-refractivity contribution in [3.63, 3.8) is 0 Å². The summed E-state index contributed by atoms with van der Waals surface area (Å²) in [4.78, 5) is 48.8. The van der Waals surface area contributed by atoms with Gasteiger partial charge in [-0.3, -0.25) is 14.6 Å². The van der Waals surface area contributed by atoms with Gasteiger partial charge in [-0.15, -0.1) is 0 Å². The van der Waals surface area contributed by atoms with Gasteiger partial charge in [0.05, 0.1) is 99.8 Å². The second kappa shape index (κ2) is 26.9. The summed E-state index contributed by atoms with van der Waals surface area (Å²) in [5.74, 6) is 0.659. The molecule has 5 rings (SSSR count). The molecular weight excluding hydrogens is 839 g/mol. The van der Waals surface area contributed by atoms with Crippen molar-refractivity contribution >= 4 is 44.1 Å². The quantitative estimate of drug-likeness (QED) is 0.0408. The number of hydrogen-bond acceptors (Lipinski definition) is 14. The van der Waals surface area contributed by atoms with Crippen LogP contribution in [0.4, 0.5) is 0 Å². The predicted molar refractivity (Wildman–Crippen MR) is 251 cm³/mol. The monoisotopic (exact) mass is 905 g/mol. The van der Waals surface area contributed by atoms with Gasteiger partial charge in [-0.05, 0) is 91.8 Å². The Bertz CT molecular complexity index is 2540. The maximum atomic E-state index is 14.7. The first-order valence-electron chi connectivity index (χ1n) is 22.5. The number of methoxy groups -OCH3 is 2. The van der Waals surface area contributed by atoms with Gasteiger partial charge in [0.15, 0.2) is 11.5 Å². The minimum absolute atomic E-state index is 0.00618. The van der Waals surface area contributed by atoms with Crippen LogP contribution in [-0.2, 0) is 54.1 Å². The van der Waals surface area contributed by atoms with Crippen molar-refractivity contribution in [3.8, 4) is 11.5 Å². The highest BCUT2D eigenvalue weighted by Crippen LogP contribution is 2.32. The maximum absolute atomic E-state index is 14.7. The van der Waals surface area contributed by atoms with Gasteiger partial charge in [-0.1, -0.05) is 13.8 Å². The van der Waals surface area contributed by atoms with Crippen LogP contribution in [0.25, 0.3) is 44.1 Å². The molecule has 1 aromatic carbocycles. The van der Waals surface area contributed by atoms with Crippen LogP contribution in [0.2, 0.25) is 0 Å². The minimum atomic E-state index is -0.629. The topological polar surface area (TPSA) is 222 Å². The van der Waals surface area contributed by atoms with Crippen LogP contribution in [0.1, 0.15) is 60.1 Å². The average Bonchev–Trinajstić information content (AvgIpc) is 3.94. The Morgan fingerprint density at radius 2 is 1.03 bits per heavy atom. The molecule has 65 heavy (non-hydrogen) atoms. The maximum Gasteiger partial charge on any atom is 0.294 e. The van der Waals surface area contributed by atoms with E-state index in [1.165, 1.54) is 0 Å². The van der Waals surface area contributed by atoms with Crippen molar-refractivity contribution in [2.45, 2.75) is 66.2 Å². The highest BCUT2D eigenvalue weighted by molar-refractivity contribution is 5.83. The van der Waals surface area contributed by atoms with Gasteiger partial charge in [0, 0.05) is 50.6 Å². The van der Waals surface area contributed by atoms with Crippen LogP contribution < -0.4 is 20.5 Å². The van der Waals surface area contributed by atoms with E-state index in [-0.39, 0.29) is 61.6 Å². The zero-order valence-electron chi connectivity index (χ0n) is 38.8. The Hall–Kier alpha value is -4.98. The highest BCUT2D eigenvalue weighted by atomic mass is 16.6. The molecule has 0 atom stereocenters. The van der Waals surface area contributed by atoms with Gasteiger partial charge in [0.25, 0.3) is 5.56 Å². The van der Waals surface area contributed by atoms with Gasteiger partial charge >= 0.3 is 0 Å². The largest absolute Gasteiger partial charge is 0.487 e. The lowest BCUT2D eigenvalue weighted by atomic mass is 10.0. The fourth-order valence-electron chi connectivity index (χ4n) is 7.73. The lowest BCUT2D eigenvalue weighted by molar-refractivity contribution is 0.0160. The first-order valence-corrected chi connectivity index (χ1v) is 22.5. The fraction of sp³-hybridized carbons (Fsp3) is 0.542. The molecule has 0 aliphatic heterocycles. The molecule has 0 saturated carbocycles. The van der Waals surface area contributed by atoms with E-state index in [1.807, 2.05) is 13.0 Å². The van der Waals surface area contributed by atoms with Gasteiger partial charge in [0.1, 0.15) is 18.7 Å². The Balaban J connectivity index is 1.73. The van der Waals surface area contributed by atoms with Crippen molar-refractivity contribution in [2.24, 2.45) is 0 Å². The van der Waals surface area contributed by atoms with Crippen LogP contribution >= 0.6 is 0 Å². The van der Waals surface area contributed by atoms with Gasteiger partial charge < -0.3 is 63.1 Å². The minimum Gasteiger partial charge on any atom is -0.487 e. The number of ether oxygens (including phenoxy) is 8. The molecule has 4 heterocycles. The van der Waals surface area contributed by atoms with Crippen LogP contribution in [0, 0.1) is 13.8 Å². The summed E-state index contributed by atoms with van der Waals surface area (Å²) in [6, 6.07) is 5.33. The zero-order chi connectivity index (χ0) is 46.6. The number of nitrogens with zero attached hydrogens (tertiary/aromatic N) is 2. The third-order valence-corrected chi connectivity index (χ3v) is 11.1. The standard InChI is InChI=1S/C48H67N5O12/c1-7-33-34(8-2)41-30-49-39-28-42(64-25-23-62-21-19-60-17-15-58-5)43(65-26-24-63-22-20-61-18-16-59-6)29-40(39)52-48(57)45-32(4)36(12-10-14-55)46(53-45)47(56)44-31(3)35(11-9-13-54)38(51-44)27-37(33)50-41/h27-30,50-51,53-55H,7-26H2,1-6H3. The lowest BCUT2D eigenvalue weighted by Crippen LogP contribution is -2.14. The number of benzene rings is 1. The summed E-state index contributed by atoms with van der Waals surface area (Å²) < 4.78 is 45.0. The van der Waals surface area contributed by atoms with E-state index < -0.39 is 5.56 Å². The summed E-state index contributed by atoms with van der Waals surface area (Å²) in [5, 5.41) is 19.7. The van der Waals surface area contributed by atoms with Crippen molar-refractivity contribution in [1.82, 2.24) is 24.9 Å². The predicted octanol–water partition coefficient (Wildman–Crippen LogP) is 5.19. The van der Waals surface area contributed by atoms with Crippen molar-refractivity contribution in [2.75, 3.05) is 107 Å². The molecule has 17 heteroatoms. The number of aliphatic hydroxyl groups excluding tert-OH is 2. The van der Waals surface area contributed by atoms with E-state index in [9.17, 15) is 19.8 Å². The third-order valence-electron chi connectivity index (χ3n) is 11.1. The van der Waals surface area contributed by atoms with Crippen LogP contribution in [0.3, 0.4) is 0 Å². The summed E-state index contributed by atoms with van der Waals surface area (Å²) in [5.41, 5.74) is 7.75.